The number of hydrogen-bond acceptors (Lipinski definition) is 3. The van der Waals surface area contributed by atoms with E-state index in [1.54, 1.807) is 0 Å². The Morgan fingerprint density at radius 1 is 1.14 bits per heavy atom. The number of ether oxygens (including phenoxy) is 1. The molecule has 0 bridgehead atoms. The van der Waals surface area contributed by atoms with Gasteiger partial charge in [-0.2, -0.15) is 0 Å². The molecule has 0 aromatic heterocycles. The van der Waals surface area contributed by atoms with Crippen molar-refractivity contribution in [2.75, 3.05) is 7.11 Å². The highest BCUT2D eigenvalue weighted by atomic mass is 16.5. The molecule has 0 unspecified atom stereocenters. The van der Waals surface area contributed by atoms with Gasteiger partial charge in [0.15, 0.2) is 5.78 Å². The van der Waals surface area contributed by atoms with E-state index in [4.69, 9.17) is 4.74 Å². The molecule has 156 valence electrons. The molecule has 0 N–H and O–H groups in total. The van der Waals surface area contributed by atoms with Crippen LogP contribution in [0.4, 0.5) is 0 Å². The first-order valence-corrected chi connectivity index (χ1v) is 11.6. The van der Waals surface area contributed by atoms with Gasteiger partial charge in [-0.1, -0.05) is 26.3 Å². The molecule has 0 amide bonds. The van der Waals surface area contributed by atoms with E-state index in [1.165, 1.54) is 44.8 Å². The standard InChI is InChI=1S/C25H38O3/c1-16(5-10-23(27)28-4)20-8-9-21-19-7-6-17-15-18(26)11-13-24(17,2)22(19)12-14-25(20,21)3/h15-16,19-22H,5-14H2,1-4H3/t16-,19+,20-,21+,22+,24+,25-/m1/s1. The molecule has 3 fully saturated rings. The van der Waals surface area contributed by atoms with Crippen LogP contribution in [0.2, 0.25) is 0 Å². The lowest BCUT2D eigenvalue weighted by Gasteiger charge is -2.58. The lowest BCUT2D eigenvalue weighted by Crippen LogP contribution is -2.51. The van der Waals surface area contributed by atoms with Gasteiger partial charge in [0.05, 0.1) is 7.11 Å². The molecule has 0 aromatic rings. The van der Waals surface area contributed by atoms with E-state index in [0.717, 1.165) is 49.4 Å². The van der Waals surface area contributed by atoms with Gasteiger partial charge in [-0.3, -0.25) is 9.59 Å². The third kappa shape index (κ3) is 3.08. The van der Waals surface area contributed by atoms with Crippen LogP contribution in [0.5, 0.6) is 0 Å². The van der Waals surface area contributed by atoms with E-state index in [9.17, 15) is 9.59 Å². The Balaban J connectivity index is 1.51. The van der Waals surface area contributed by atoms with Crippen molar-refractivity contribution < 1.29 is 14.3 Å². The molecule has 28 heavy (non-hydrogen) atoms. The summed E-state index contributed by atoms with van der Waals surface area (Å²) in [6.07, 6.45) is 13.1. The predicted octanol–water partition coefficient (Wildman–Crippen LogP) is 5.72. The Hall–Kier alpha value is -1.12. The zero-order valence-electron chi connectivity index (χ0n) is 18.3. The van der Waals surface area contributed by atoms with Gasteiger partial charge in [0.2, 0.25) is 0 Å². The second-order valence-corrected chi connectivity index (χ2v) is 10.8. The maximum absolute atomic E-state index is 12.0. The van der Waals surface area contributed by atoms with Crippen LogP contribution < -0.4 is 0 Å². The number of carbonyl (C=O) groups is 2. The number of allylic oxidation sites excluding steroid dienone is 1. The summed E-state index contributed by atoms with van der Waals surface area (Å²) in [5.41, 5.74) is 2.17. The Kier molecular flexibility index (Phi) is 5.25. The molecule has 4 rings (SSSR count). The van der Waals surface area contributed by atoms with E-state index in [-0.39, 0.29) is 11.4 Å². The summed E-state index contributed by atoms with van der Waals surface area (Å²) >= 11 is 0. The number of methoxy groups -OCH3 is 1. The van der Waals surface area contributed by atoms with Crippen molar-refractivity contribution in [1.82, 2.24) is 0 Å². The zero-order chi connectivity index (χ0) is 20.1. The van der Waals surface area contributed by atoms with E-state index >= 15 is 0 Å². The first-order valence-electron chi connectivity index (χ1n) is 11.6. The van der Waals surface area contributed by atoms with Crippen LogP contribution in [0.3, 0.4) is 0 Å². The average molecular weight is 387 g/mol. The monoisotopic (exact) mass is 386 g/mol. The smallest absolute Gasteiger partial charge is 0.305 e. The van der Waals surface area contributed by atoms with Crippen molar-refractivity contribution in [3.05, 3.63) is 11.6 Å². The topological polar surface area (TPSA) is 43.4 Å². The fourth-order valence-electron chi connectivity index (χ4n) is 8.18. The Labute approximate surface area is 170 Å². The summed E-state index contributed by atoms with van der Waals surface area (Å²) in [4.78, 5) is 23.6. The van der Waals surface area contributed by atoms with Crippen molar-refractivity contribution in [3.8, 4) is 0 Å². The summed E-state index contributed by atoms with van der Waals surface area (Å²) in [5.74, 6) is 4.03. The molecule has 7 atom stereocenters. The second-order valence-electron chi connectivity index (χ2n) is 10.8. The van der Waals surface area contributed by atoms with Crippen LogP contribution in [0, 0.1) is 40.4 Å². The van der Waals surface area contributed by atoms with Gasteiger partial charge < -0.3 is 4.74 Å². The first-order chi connectivity index (χ1) is 13.3. The third-order valence-corrected chi connectivity index (χ3v) is 9.75. The van der Waals surface area contributed by atoms with Gasteiger partial charge >= 0.3 is 5.97 Å². The third-order valence-electron chi connectivity index (χ3n) is 9.75. The van der Waals surface area contributed by atoms with Gasteiger partial charge in [0, 0.05) is 12.8 Å². The predicted molar refractivity (Wildman–Crippen MR) is 111 cm³/mol. The van der Waals surface area contributed by atoms with Crippen molar-refractivity contribution in [2.24, 2.45) is 40.4 Å². The molecule has 3 heteroatoms. The summed E-state index contributed by atoms with van der Waals surface area (Å²) in [6.45, 7) is 7.40. The van der Waals surface area contributed by atoms with E-state index < -0.39 is 0 Å². The van der Waals surface area contributed by atoms with E-state index in [0.29, 0.717) is 23.5 Å². The van der Waals surface area contributed by atoms with Crippen molar-refractivity contribution in [3.63, 3.8) is 0 Å². The van der Waals surface area contributed by atoms with Gasteiger partial charge in [0.1, 0.15) is 0 Å². The zero-order valence-corrected chi connectivity index (χ0v) is 18.3. The molecule has 0 heterocycles. The van der Waals surface area contributed by atoms with Crippen molar-refractivity contribution >= 4 is 11.8 Å². The summed E-state index contributed by atoms with van der Waals surface area (Å²) in [7, 11) is 1.49. The SMILES string of the molecule is COC(=O)CC[C@@H](C)[C@H]1CC[C@H]2[C@@H]3CCC4=CC(=O)CC[C@]4(C)[C@H]3CC[C@]12C. The molecule has 3 nitrogen and oxygen atoms in total. The van der Waals surface area contributed by atoms with Crippen molar-refractivity contribution in [2.45, 2.75) is 85.0 Å². The molecular formula is C25H38O3. The van der Waals surface area contributed by atoms with Crippen LogP contribution in [-0.4, -0.2) is 18.9 Å². The highest BCUT2D eigenvalue weighted by Gasteiger charge is 2.59. The minimum Gasteiger partial charge on any atom is -0.469 e. The number of ketones is 1. The molecule has 3 saturated carbocycles. The largest absolute Gasteiger partial charge is 0.469 e. The molecule has 0 radical (unpaired) electrons. The van der Waals surface area contributed by atoms with Crippen LogP contribution >= 0.6 is 0 Å². The highest BCUT2D eigenvalue weighted by molar-refractivity contribution is 5.91. The van der Waals surface area contributed by atoms with E-state index in [2.05, 4.69) is 20.8 Å². The number of rotatable bonds is 4. The van der Waals surface area contributed by atoms with Crippen LogP contribution in [0.1, 0.15) is 85.0 Å². The number of fused-ring (bicyclic) bond motifs is 5. The Bertz CT molecular complexity index is 679. The lowest BCUT2D eigenvalue weighted by molar-refractivity contribution is -0.141. The fraction of sp³-hybridized carbons (Fsp3) is 0.840. The normalized spacial score (nSPS) is 43.4. The summed E-state index contributed by atoms with van der Waals surface area (Å²) in [6, 6.07) is 0. The van der Waals surface area contributed by atoms with Gasteiger partial charge in [-0.25, -0.2) is 0 Å². The highest BCUT2D eigenvalue weighted by Crippen LogP contribution is 2.67. The Morgan fingerprint density at radius 3 is 2.68 bits per heavy atom. The van der Waals surface area contributed by atoms with Gasteiger partial charge in [0.25, 0.3) is 0 Å². The minimum atomic E-state index is -0.0679. The molecular weight excluding hydrogens is 348 g/mol. The summed E-state index contributed by atoms with van der Waals surface area (Å²) < 4.78 is 4.87. The first kappa shape index (κ1) is 20.2. The molecule has 0 aliphatic heterocycles. The Morgan fingerprint density at radius 2 is 1.93 bits per heavy atom. The van der Waals surface area contributed by atoms with Crippen molar-refractivity contribution in [1.29, 1.82) is 0 Å². The minimum absolute atomic E-state index is 0.0679. The number of esters is 1. The lowest BCUT2D eigenvalue weighted by atomic mass is 9.46. The van der Waals surface area contributed by atoms with Crippen LogP contribution in [0.25, 0.3) is 0 Å². The fourth-order valence-corrected chi connectivity index (χ4v) is 8.18. The average Bonchev–Trinajstić information content (AvgIpc) is 3.03. The maximum atomic E-state index is 12.0. The number of carbonyl (C=O) groups excluding carboxylic acids is 2. The molecule has 4 aliphatic rings. The molecule has 4 aliphatic carbocycles. The quantitative estimate of drug-likeness (QED) is 0.580. The van der Waals surface area contributed by atoms with E-state index in [1.807, 2.05) is 6.08 Å². The van der Waals surface area contributed by atoms with Crippen LogP contribution in [0.15, 0.2) is 11.6 Å². The maximum Gasteiger partial charge on any atom is 0.305 e. The molecule has 0 spiro atoms. The number of hydrogen-bond donors (Lipinski definition) is 0. The molecule has 0 aromatic carbocycles. The van der Waals surface area contributed by atoms with Gasteiger partial charge in [-0.05, 0) is 97.9 Å². The van der Waals surface area contributed by atoms with Gasteiger partial charge in [-0.15, -0.1) is 0 Å². The van der Waals surface area contributed by atoms with Crippen LogP contribution in [-0.2, 0) is 14.3 Å². The summed E-state index contributed by atoms with van der Waals surface area (Å²) in [5, 5.41) is 0. The second kappa shape index (κ2) is 7.29. The molecule has 0 saturated heterocycles.